The molecule has 0 amide bonds. The van der Waals surface area contributed by atoms with Gasteiger partial charge in [-0.05, 0) is 34.1 Å². The van der Waals surface area contributed by atoms with Crippen LogP contribution in [0.1, 0.15) is 60.3 Å². The molecule has 4 nitrogen and oxygen atoms in total. The molecule has 0 radical (unpaired) electrons. The van der Waals surface area contributed by atoms with E-state index in [1.165, 1.54) is 19.3 Å². The molecule has 0 aromatic rings. The van der Waals surface area contributed by atoms with E-state index in [1.54, 1.807) is 0 Å². The van der Waals surface area contributed by atoms with E-state index in [0.717, 1.165) is 6.42 Å². The van der Waals surface area contributed by atoms with Crippen molar-refractivity contribution in [3.63, 3.8) is 0 Å². The molecule has 0 bridgehead atoms. The highest BCUT2D eigenvalue weighted by atomic mass is 16.8. The highest BCUT2D eigenvalue weighted by molar-refractivity contribution is 4.90. The summed E-state index contributed by atoms with van der Waals surface area (Å²) < 4.78 is 23.7. The monoisotopic (exact) mass is 272 g/mol. The second-order valence-corrected chi connectivity index (χ2v) is 6.50. The Morgan fingerprint density at radius 3 is 2.26 bits per heavy atom. The summed E-state index contributed by atoms with van der Waals surface area (Å²) >= 11 is 0. The summed E-state index contributed by atoms with van der Waals surface area (Å²) in [6.07, 6.45) is 4.73. The van der Waals surface area contributed by atoms with Gasteiger partial charge in [0.2, 0.25) is 0 Å². The summed E-state index contributed by atoms with van der Waals surface area (Å²) in [5.74, 6) is -1.02. The van der Waals surface area contributed by atoms with Gasteiger partial charge in [-0.2, -0.15) is 0 Å². The summed E-state index contributed by atoms with van der Waals surface area (Å²) in [6.45, 7) is 10.6. The van der Waals surface area contributed by atoms with E-state index in [4.69, 9.17) is 18.9 Å². The molecule has 0 spiro atoms. The van der Waals surface area contributed by atoms with Gasteiger partial charge >= 0.3 is 0 Å². The first-order valence-electron chi connectivity index (χ1n) is 7.50. The fourth-order valence-electron chi connectivity index (χ4n) is 2.87. The zero-order valence-electron chi connectivity index (χ0n) is 12.9. The van der Waals surface area contributed by atoms with E-state index in [2.05, 4.69) is 6.92 Å². The van der Waals surface area contributed by atoms with Crippen molar-refractivity contribution in [2.24, 2.45) is 0 Å². The molecule has 0 saturated carbocycles. The third-order valence-electron chi connectivity index (χ3n) is 3.71. The SMILES string of the molecule is CCCCCC1OC(C)(C)OC1C1COC(C)(C)O1. The number of hydrogen-bond acceptors (Lipinski definition) is 4. The van der Waals surface area contributed by atoms with Crippen LogP contribution in [0, 0.1) is 0 Å². The molecule has 0 aromatic carbocycles. The highest BCUT2D eigenvalue weighted by Gasteiger charge is 2.49. The van der Waals surface area contributed by atoms with E-state index in [9.17, 15) is 0 Å². The second kappa shape index (κ2) is 5.68. The van der Waals surface area contributed by atoms with Gasteiger partial charge in [0.1, 0.15) is 12.2 Å². The van der Waals surface area contributed by atoms with Gasteiger partial charge in [-0.3, -0.25) is 0 Å². The molecule has 2 aliphatic rings. The Labute approximate surface area is 116 Å². The van der Waals surface area contributed by atoms with E-state index in [-0.39, 0.29) is 18.3 Å². The van der Waals surface area contributed by atoms with Gasteiger partial charge in [-0.25, -0.2) is 0 Å². The molecule has 3 atom stereocenters. The molecule has 2 aliphatic heterocycles. The van der Waals surface area contributed by atoms with E-state index >= 15 is 0 Å². The van der Waals surface area contributed by atoms with Gasteiger partial charge in [0, 0.05) is 0 Å². The normalized spacial score (nSPS) is 36.8. The molecule has 3 unspecified atom stereocenters. The van der Waals surface area contributed by atoms with Crippen molar-refractivity contribution in [3.8, 4) is 0 Å². The van der Waals surface area contributed by atoms with Crippen molar-refractivity contribution in [3.05, 3.63) is 0 Å². The molecular formula is C15H28O4. The van der Waals surface area contributed by atoms with Crippen LogP contribution in [0.15, 0.2) is 0 Å². The minimum Gasteiger partial charge on any atom is -0.348 e. The van der Waals surface area contributed by atoms with Crippen LogP contribution in [0.4, 0.5) is 0 Å². The lowest BCUT2D eigenvalue weighted by molar-refractivity contribution is -0.174. The molecule has 0 aliphatic carbocycles. The fraction of sp³-hybridized carbons (Fsp3) is 1.00. The number of unbranched alkanes of at least 4 members (excludes halogenated alkanes) is 2. The van der Waals surface area contributed by atoms with Crippen LogP contribution >= 0.6 is 0 Å². The van der Waals surface area contributed by atoms with Crippen LogP contribution < -0.4 is 0 Å². The predicted molar refractivity (Wildman–Crippen MR) is 72.9 cm³/mol. The second-order valence-electron chi connectivity index (χ2n) is 6.50. The Hall–Kier alpha value is -0.160. The molecular weight excluding hydrogens is 244 g/mol. The zero-order valence-corrected chi connectivity index (χ0v) is 12.9. The van der Waals surface area contributed by atoms with Crippen molar-refractivity contribution < 1.29 is 18.9 Å². The highest BCUT2D eigenvalue weighted by Crippen LogP contribution is 2.37. The maximum Gasteiger partial charge on any atom is 0.163 e. The molecule has 2 saturated heterocycles. The van der Waals surface area contributed by atoms with E-state index in [0.29, 0.717) is 6.61 Å². The Morgan fingerprint density at radius 1 is 0.947 bits per heavy atom. The lowest BCUT2D eigenvalue weighted by atomic mass is 10.0. The number of hydrogen-bond donors (Lipinski definition) is 0. The number of rotatable bonds is 5. The summed E-state index contributed by atoms with van der Waals surface area (Å²) in [5.41, 5.74) is 0. The summed E-state index contributed by atoms with van der Waals surface area (Å²) in [5, 5.41) is 0. The predicted octanol–water partition coefficient (Wildman–Crippen LogP) is 3.24. The van der Waals surface area contributed by atoms with Crippen molar-refractivity contribution in [2.45, 2.75) is 90.2 Å². The van der Waals surface area contributed by atoms with Crippen molar-refractivity contribution >= 4 is 0 Å². The smallest absolute Gasteiger partial charge is 0.163 e. The van der Waals surface area contributed by atoms with Crippen LogP contribution in [0.25, 0.3) is 0 Å². The van der Waals surface area contributed by atoms with E-state index < -0.39 is 11.6 Å². The van der Waals surface area contributed by atoms with Crippen LogP contribution in [-0.4, -0.2) is 36.5 Å². The van der Waals surface area contributed by atoms with Gasteiger partial charge in [0.15, 0.2) is 11.6 Å². The molecule has 4 heteroatoms. The van der Waals surface area contributed by atoms with Crippen molar-refractivity contribution in [1.82, 2.24) is 0 Å². The third-order valence-corrected chi connectivity index (χ3v) is 3.71. The molecule has 0 N–H and O–H groups in total. The molecule has 2 heterocycles. The van der Waals surface area contributed by atoms with Crippen molar-refractivity contribution in [2.75, 3.05) is 6.61 Å². The standard InChI is InChI=1S/C15H28O4/c1-6-7-8-9-11-13(19-15(4,5)17-11)12-10-16-14(2,3)18-12/h11-13H,6-10H2,1-5H3. The van der Waals surface area contributed by atoms with Crippen LogP contribution in [-0.2, 0) is 18.9 Å². The molecule has 2 fully saturated rings. The molecule has 19 heavy (non-hydrogen) atoms. The lowest BCUT2D eigenvalue weighted by Gasteiger charge is -2.23. The first-order valence-corrected chi connectivity index (χ1v) is 7.50. The van der Waals surface area contributed by atoms with Gasteiger partial charge in [-0.1, -0.05) is 26.2 Å². The van der Waals surface area contributed by atoms with Gasteiger partial charge in [0.05, 0.1) is 12.7 Å². The topological polar surface area (TPSA) is 36.9 Å². The summed E-state index contributed by atoms with van der Waals surface area (Å²) in [6, 6.07) is 0. The zero-order chi connectivity index (χ0) is 14.1. The van der Waals surface area contributed by atoms with Crippen molar-refractivity contribution in [1.29, 1.82) is 0 Å². The Bertz CT molecular complexity index is 301. The lowest BCUT2D eigenvalue weighted by Crippen LogP contribution is -2.38. The van der Waals surface area contributed by atoms with E-state index in [1.807, 2.05) is 27.7 Å². The Kier molecular flexibility index (Phi) is 4.56. The Balaban J connectivity index is 1.96. The molecule has 2 rings (SSSR count). The number of ether oxygens (including phenoxy) is 4. The van der Waals surface area contributed by atoms with Crippen LogP contribution in [0.5, 0.6) is 0 Å². The maximum absolute atomic E-state index is 6.04. The minimum atomic E-state index is -0.516. The molecule has 112 valence electrons. The van der Waals surface area contributed by atoms with Gasteiger partial charge < -0.3 is 18.9 Å². The third kappa shape index (κ3) is 3.91. The Morgan fingerprint density at radius 2 is 1.68 bits per heavy atom. The summed E-state index contributed by atoms with van der Waals surface area (Å²) in [4.78, 5) is 0. The average Bonchev–Trinajstić information content (AvgIpc) is 2.79. The molecule has 0 aromatic heterocycles. The van der Waals surface area contributed by atoms with Gasteiger partial charge in [-0.15, -0.1) is 0 Å². The summed E-state index contributed by atoms with van der Waals surface area (Å²) in [7, 11) is 0. The van der Waals surface area contributed by atoms with Gasteiger partial charge in [0.25, 0.3) is 0 Å². The maximum atomic E-state index is 6.04. The first-order chi connectivity index (χ1) is 8.83. The fourth-order valence-corrected chi connectivity index (χ4v) is 2.87. The van der Waals surface area contributed by atoms with Crippen LogP contribution in [0.3, 0.4) is 0 Å². The largest absolute Gasteiger partial charge is 0.348 e. The quantitative estimate of drug-likeness (QED) is 0.720. The minimum absolute atomic E-state index is 0.0198. The average molecular weight is 272 g/mol. The van der Waals surface area contributed by atoms with Crippen LogP contribution in [0.2, 0.25) is 0 Å². The first kappa shape index (κ1) is 15.2.